The van der Waals surface area contributed by atoms with Gasteiger partial charge < -0.3 is 10.2 Å². The van der Waals surface area contributed by atoms with E-state index in [-0.39, 0.29) is 0 Å². The molecule has 0 aliphatic heterocycles. The Balaban J connectivity index is 7.73. The van der Waals surface area contributed by atoms with Crippen molar-refractivity contribution in [2.24, 2.45) is 0 Å². The Kier molecular flexibility index (Phi) is 10.7. The van der Waals surface area contributed by atoms with Crippen LogP contribution in [0.5, 0.6) is 0 Å². The maximum absolute atomic E-state index is 13.8. The van der Waals surface area contributed by atoms with Crippen LogP contribution < -0.4 is 0 Å². The molecule has 4 nitrogen and oxygen atoms in total. The summed E-state index contributed by atoms with van der Waals surface area (Å²) in [5.74, 6) is -152. The Morgan fingerprint density at radius 1 is 0.216 bits per heavy atom. The van der Waals surface area contributed by atoms with Crippen molar-refractivity contribution in [1.29, 1.82) is 0 Å². The second kappa shape index (κ2) is 11.4. The molecule has 0 bridgehead atoms. The van der Waals surface area contributed by atoms with Gasteiger partial charge in [0, 0.05) is 0 Å². The van der Waals surface area contributed by atoms with Gasteiger partial charge in [-0.1, -0.05) is 0 Å². The van der Waals surface area contributed by atoms with Crippen LogP contribution >= 0.6 is 0 Å². The van der Waals surface area contributed by atoms with Crippen molar-refractivity contribution in [1.82, 2.24) is 0 Å². The number of carbonyl (C=O) groups is 2. The lowest BCUT2D eigenvalue weighted by Gasteiger charge is -2.46. The van der Waals surface area contributed by atoms with Gasteiger partial charge in [-0.3, -0.25) is 0 Å². The van der Waals surface area contributed by atoms with E-state index in [0.29, 0.717) is 0 Å². The van der Waals surface area contributed by atoms with Gasteiger partial charge in [-0.05, 0) is 0 Å². The van der Waals surface area contributed by atoms with Crippen LogP contribution in [0.25, 0.3) is 0 Å². The molecule has 0 aliphatic rings. The molecule has 0 spiro atoms. The third-order valence-corrected chi connectivity index (χ3v) is 6.06. The van der Waals surface area contributed by atoms with Crippen molar-refractivity contribution in [3.63, 3.8) is 0 Å². The van der Waals surface area contributed by atoms with Gasteiger partial charge in [-0.15, -0.1) is 0 Å². The summed E-state index contributed by atoms with van der Waals surface area (Å²) in [7, 11) is 0. The number of carboxylic acid groups (broad SMARTS) is 2. The lowest BCUT2D eigenvalue weighted by atomic mass is 9.82. The summed E-state index contributed by atoms with van der Waals surface area (Å²) in [6, 6.07) is 0. The summed E-state index contributed by atoms with van der Waals surface area (Å²) < 4.78 is 405. The Hall–Kier alpha value is -3.16. The minimum atomic E-state index is -10.2. The highest BCUT2D eigenvalue weighted by Gasteiger charge is 3.01. The van der Waals surface area contributed by atoms with Gasteiger partial charge in [-0.2, -0.15) is 132 Å². The lowest BCUT2D eigenvalue weighted by Crippen LogP contribution is -2.80. The van der Waals surface area contributed by atoms with E-state index in [2.05, 4.69) is 0 Å². The van der Waals surface area contributed by atoms with Crippen LogP contribution in [-0.4, -0.2) is 111 Å². The highest BCUT2D eigenvalue weighted by molar-refractivity contribution is 5.77. The molecule has 0 saturated heterocycles. The smallest absolute Gasteiger partial charge is 0.410 e. The average molecular weight is 840 g/mol. The minimum absolute atomic E-state index is 4.82. The summed E-state index contributed by atoms with van der Waals surface area (Å²) >= 11 is 0. The lowest BCUT2D eigenvalue weighted by molar-refractivity contribution is -0.486. The third-order valence-electron chi connectivity index (χ3n) is 6.06. The topological polar surface area (TPSA) is 74.6 Å². The summed E-state index contributed by atoms with van der Waals surface area (Å²) in [5.41, 5.74) is 0. The van der Waals surface area contributed by atoms with Gasteiger partial charge in [0.05, 0.1) is 0 Å². The monoisotopic (exact) mass is 840 g/mol. The predicted octanol–water partition coefficient (Wildman–Crippen LogP) is 8.69. The van der Waals surface area contributed by atoms with Crippen LogP contribution in [0.1, 0.15) is 0 Å². The van der Waals surface area contributed by atoms with E-state index in [1.165, 1.54) is 0 Å². The largest absolute Gasteiger partial charge is 0.477 e. The molecule has 0 unspecified atom stereocenters. The van der Waals surface area contributed by atoms with Crippen LogP contribution in [0.3, 0.4) is 0 Å². The second-order valence-electron chi connectivity index (χ2n) is 9.23. The minimum Gasteiger partial charge on any atom is -0.477 e. The summed E-state index contributed by atoms with van der Waals surface area (Å²) in [6.07, 6.45) is 0. The van der Waals surface area contributed by atoms with Crippen molar-refractivity contribution >= 4 is 11.9 Å². The van der Waals surface area contributed by atoms with E-state index in [1.54, 1.807) is 0 Å². The van der Waals surface area contributed by atoms with E-state index in [9.17, 15) is 141 Å². The quantitative estimate of drug-likeness (QED) is 0.153. The predicted molar refractivity (Wildman–Crippen MR) is 89.5 cm³/mol. The van der Waals surface area contributed by atoms with Gasteiger partial charge in [0.1, 0.15) is 0 Å². The second-order valence-corrected chi connectivity index (χ2v) is 9.23. The van der Waals surface area contributed by atoms with Gasteiger partial charge in [0.2, 0.25) is 0 Å². The number of alkyl halides is 30. The van der Waals surface area contributed by atoms with Gasteiger partial charge >= 0.3 is 101 Å². The number of hydrogen-bond acceptors (Lipinski definition) is 2. The normalized spacial score (nSPS) is 16.7. The van der Waals surface area contributed by atoms with E-state index >= 15 is 0 Å². The molecule has 0 rings (SSSR count). The molecule has 0 saturated carbocycles. The molecule has 0 aliphatic carbocycles. The third kappa shape index (κ3) is 5.18. The first-order valence-corrected chi connectivity index (χ1v) is 10.5. The van der Waals surface area contributed by atoms with E-state index in [0.717, 1.165) is 0 Å². The first-order valence-electron chi connectivity index (χ1n) is 10.5. The molecule has 0 aromatic carbocycles. The van der Waals surface area contributed by atoms with E-state index in [1.807, 2.05) is 0 Å². The zero-order valence-electron chi connectivity index (χ0n) is 21.5. The van der Waals surface area contributed by atoms with Gasteiger partial charge in [-0.25, -0.2) is 9.59 Å². The zero-order valence-corrected chi connectivity index (χ0v) is 21.5. The number of carboxylic acids is 2. The summed E-state index contributed by atoms with van der Waals surface area (Å²) in [4.78, 5) is 19.9. The van der Waals surface area contributed by atoms with Crippen molar-refractivity contribution in [3.05, 3.63) is 0 Å². The molecule has 0 amide bonds. The van der Waals surface area contributed by atoms with Crippen molar-refractivity contribution in [2.75, 3.05) is 0 Å². The van der Waals surface area contributed by atoms with Crippen LogP contribution in [0.2, 0.25) is 0 Å². The summed E-state index contributed by atoms with van der Waals surface area (Å²) in [5, 5.41) is 15.3. The van der Waals surface area contributed by atoms with Crippen LogP contribution in [0.15, 0.2) is 0 Å². The Bertz CT molecular complexity index is 1260. The fourth-order valence-electron chi connectivity index (χ4n) is 2.83. The highest BCUT2D eigenvalue weighted by atomic mass is 19.4. The fourth-order valence-corrected chi connectivity index (χ4v) is 2.83. The van der Waals surface area contributed by atoms with Gasteiger partial charge in [0.25, 0.3) is 0 Å². The van der Waals surface area contributed by atoms with Crippen molar-refractivity contribution in [2.45, 2.75) is 88.8 Å². The zero-order chi connectivity index (χ0) is 42.7. The van der Waals surface area contributed by atoms with E-state index in [4.69, 9.17) is 10.2 Å². The molecule has 0 atom stereocenters. The Labute approximate surface area is 253 Å². The summed E-state index contributed by atoms with van der Waals surface area (Å²) in [6.45, 7) is 0. The number of rotatable bonds is 16. The van der Waals surface area contributed by atoms with Crippen LogP contribution in [-0.2, 0) is 9.59 Å². The number of halogens is 30. The molecular formula is C17H2F30O4. The van der Waals surface area contributed by atoms with Crippen LogP contribution in [0, 0.1) is 0 Å². The molecule has 0 fully saturated rings. The molecule has 34 heteroatoms. The molecule has 0 radical (unpaired) electrons. The molecule has 0 heterocycles. The maximum Gasteiger partial charge on any atom is 0.410 e. The molecule has 2 N–H and O–H groups in total. The van der Waals surface area contributed by atoms with E-state index < -0.39 is 101 Å². The molecule has 0 aromatic rings. The average Bonchev–Trinajstić information content (AvgIpc) is 2.90. The maximum atomic E-state index is 13.8. The molecule has 51 heavy (non-hydrogen) atoms. The standard InChI is InChI=1S/C17H2F30O4/c18-3(19,1(48)49)5(22,23)7(26,27)9(30,31)11(34,35)13(38,39)15(42,43)17(46,47)16(44,45)14(40,41)12(36,37)10(32,33)8(28,29)6(24,25)4(20,21)2(50)51/h(H,48,49)(H,50,51). The first kappa shape index (κ1) is 47.8. The fraction of sp³-hybridized carbons (Fsp3) is 0.882. The van der Waals surface area contributed by atoms with Crippen LogP contribution in [0.4, 0.5) is 132 Å². The number of hydrogen-bond donors (Lipinski definition) is 2. The van der Waals surface area contributed by atoms with Crippen molar-refractivity contribution in [3.8, 4) is 0 Å². The number of aliphatic carboxylic acids is 2. The SMILES string of the molecule is O=C(O)C(F)(F)C(F)(F)C(F)(F)C(F)(F)C(F)(F)C(F)(F)C(F)(F)C(F)(F)C(F)(F)C(F)(F)C(F)(F)C(F)(F)C(F)(F)C(F)(F)C(F)(F)C(=O)O. The molecule has 304 valence electrons. The Morgan fingerprint density at radius 3 is 0.373 bits per heavy atom. The Morgan fingerprint density at radius 2 is 0.294 bits per heavy atom. The molecular weight excluding hydrogens is 838 g/mol. The highest BCUT2D eigenvalue weighted by Crippen LogP contribution is 2.69. The van der Waals surface area contributed by atoms with Gasteiger partial charge in [0.15, 0.2) is 0 Å². The molecule has 0 aromatic heterocycles. The van der Waals surface area contributed by atoms with Crippen molar-refractivity contribution < 1.29 is 152 Å². The first-order chi connectivity index (χ1) is 21.4.